The van der Waals surface area contributed by atoms with Gasteiger partial charge in [-0.15, -0.1) is 11.3 Å². The molecule has 6 heteroatoms. The Bertz CT molecular complexity index is 537. The zero-order valence-corrected chi connectivity index (χ0v) is 17.0. The number of nitrogens with one attached hydrogen (secondary N) is 1. The molecule has 0 bridgehead atoms. The van der Waals surface area contributed by atoms with E-state index in [4.69, 9.17) is 4.74 Å². The zero-order chi connectivity index (χ0) is 18.4. The van der Waals surface area contributed by atoms with Crippen molar-refractivity contribution in [1.82, 2.24) is 15.1 Å². The van der Waals surface area contributed by atoms with Crippen LogP contribution in [0.15, 0.2) is 17.5 Å². The number of nitrogens with zero attached hydrogens (tertiary/aromatic N) is 2. The van der Waals surface area contributed by atoms with Crippen LogP contribution in [0, 0.1) is 5.92 Å². The van der Waals surface area contributed by atoms with Crippen molar-refractivity contribution in [3.8, 4) is 0 Å². The number of ether oxygens (including phenoxy) is 1. The minimum atomic E-state index is 0.102. The maximum atomic E-state index is 12.9. The minimum absolute atomic E-state index is 0.102. The Morgan fingerprint density at radius 3 is 2.65 bits per heavy atom. The summed E-state index contributed by atoms with van der Waals surface area (Å²) in [4.78, 5) is 18.7. The van der Waals surface area contributed by atoms with Crippen molar-refractivity contribution in [3.05, 3.63) is 22.4 Å². The van der Waals surface area contributed by atoms with Gasteiger partial charge in [0.05, 0.1) is 19.8 Å². The van der Waals surface area contributed by atoms with Gasteiger partial charge in [0.25, 0.3) is 0 Å². The molecule has 1 atom stereocenters. The number of carbonyl (C=O) groups is 1. The molecule has 1 saturated heterocycles. The fourth-order valence-electron chi connectivity index (χ4n) is 3.95. The summed E-state index contributed by atoms with van der Waals surface area (Å²) in [5, 5.41) is 5.36. The highest BCUT2D eigenvalue weighted by atomic mass is 32.1. The molecule has 0 radical (unpaired) electrons. The third-order valence-electron chi connectivity index (χ3n) is 5.72. The fourth-order valence-corrected chi connectivity index (χ4v) is 4.66. The first kappa shape index (κ1) is 19.6. The number of morpholine rings is 1. The molecule has 1 aliphatic heterocycles. The molecule has 1 N–H and O–H groups in total. The van der Waals surface area contributed by atoms with Crippen molar-refractivity contribution in [2.24, 2.45) is 5.92 Å². The number of carbonyl (C=O) groups excluding carboxylic acids is 1. The number of thiophene rings is 1. The third-order valence-corrected chi connectivity index (χ3v) is 6.59. The van der Waals surface area contributed by atoms with Gasteiger partial charge in [-0.3, -0.25) is 4.90 Å². The average molecular weight is 380 g/mol. The quantitative estimate of drug-likeness (QED) is 0.713. The topological polar surface area (TPSA) is 44.8 Å². The molecular weight excluding hydrogens is 346 g/mol. The predicted octanol–water partition coefficient (Wildman–Crippen LogP) is 3.56. The highest BCUT2D eigenvalue weighted by molar-refractivity contribution is 7.09. The van der Waals surface area contributed by atoms with E-state index >= 15 is 0 Å². The van der Waals surface area contributed by atoms with Crippen LogP contribution in [0.4, 0.5) is 4.79 Å². The van der Waals surface area contributed by atoms with Crippen molar-refractivity contribution in [3.63, 3.8) is 0 Å². The summed E-state index contributed by atoms with van der Waals surface area (Å²) in [5.74, 6) is 0.611. The van der Waals surface area contributed by atoms with E-state index in [9.17, 15) is 4.79 Å². The Morgan fingerprint density at radius 1 is 1.35 bits per heavy atom. The molecule has 0 spiro atoms. The molecule has 2 fully saturated rings. The van der Waals surface area contributed by atoms with Crippen LogP contribution >= 0.6 is 11.3 Å². The van der Waals surface area contributed by atoms with Crippen molar-refractivity contribution in [2.45, 2.75) is 58.2 Å². The Morgan fingerprint density at radius 2 is 2.08 bits per heavy atom. The van der Waals surface area contributed by atoms with Crippen molar-refractivity contribution >= 4 is 17.4 Å². The predicted molar refractivity (Wildman–Crippen MR) is 107 cm³/mol. The average Bonchev–Trinajstić information content (AvgIpc) is 3.39. The number of rotatable bonds is 9. The normalized spacial score (nSPS) is 19.5. The van der Waals surface area contributed by atoms with Crippen LogP contribution in [0.1, 0.15) is 44.4 Å². The van der Waals surface area contributed by atoms with Crippen LogP contribution < -0.4 is 5.32 Å². The Balaban J connectivity index is 1.59. The standard InChI is InChI=1S/C20H33N3O2S/c1-3-16(4-2)19(22-9-11-25-12-10-22)14-21-20(24)23(17-7-8-17)15-18-6-5-13-26-18/h5-6,13,16-17,19H,3-4,7-12,14-15H2,1-2H3,(H,21,24). The first-order valence-corrected chi connectivity index (χ1v) is 11.0. The molecule has 146 valence electrons. The van der Waals surface area contributed by atoms with Gasteiger partial charge in [-0.25, -0.2) is 4.79 Å². The van der Waals surface area contributed by atoms with E-state index in [1.54, 1.807) is 11.3 Å². The maximum absolute atomic E-state index is 12.9. The van der Waals surface area contributed by atoms with Crippen LogP contribution in [-0.2, 0) is 11.3 Å². The van der Waals surface area contributed by atoms with Crippen LogP contribution in [0.25, 0.3) is 0 Å². The molecule has 1 saturated carbocycles. The lowest BCUT2D eigenvalue weighted by molar-refractivity contribution is 0.00208. The molecule has 1 aromatic heterocycles. The number of hydrogen-bond acceptors (Lipinski definition) is 4. The molecule has 2 aliphatic rings. The molecule has 5 nitrogen and oxygen atoms in total. The fraction of sp³-hybridized carbons (Fsp3) is 0.750. The molecule has 2 heterocycles. The van der Waals surface area contributed by atoms with E-state index in [-0.39, 0.29) is 6.03 Å². The molecule has 3 rings (SSSR count). The van der Waals surface area contributed by atoms with Gasteiger partial charge in [-0.2, -0.15) is 0 Å². The third kappa shape index (κ3) is 5.21. The zero-order valence-electron chi connectivity index (χ0n) is 16.2. The Kier molecular flexibility index (Phi) is 7.34. The smallest absolute Gasteiger partial charge is 0.318 e. The SMILES string of the molecule is CCC(CC)C(CNC(=O)N(Cc1cccs1)C1CC1)N1CCOCC1. The van der Waals surface area contributed by atoms with Crippen molar-refractivity contribution < 1.29 is 9.53 Å². The molecule has 1 unspecified atom stereocenters. The Hall–Kier alpha value is -1.11. The summed E-state index contributed by atoms with van der Waals surface area (Å²) in [6.45, 7) is 9.54. The number of urea groups is 1. The number of hydrogen-bond donors (Lipinski definition) is 1. The minimum Gasteiger partial charge on any atom is -0.379 e. The highest BCUT2D eigenvalue weighted by Crippen LogP contribution is 2.29. The maximum Gasteiger partial charge on any atom is 0.318 e. The Labute approximate surface area is 161 Å². The van der Waals surface area contributed by atoms with Crippen molar-refractivity contribution in [2.75, 3.05) is 32.8 Å². The first-order valence-electron chi connectivity index (χ1n) is 10.1. The highest BCUT2D eigenvalue weighted by Gasteiger charge is 2.34. The van der Waals surface area contributed by atoms with E-state index in [2.05, 4.69) is 41.6 Å². The van der Waals surface area contributed by atoms with E-state index < -0.39 is 0 Å². The summed E-state index contributed by atoms with van der Waals surface area (Å²) < 4.78 is 5.52. The van der Waals surface area contributed by atoms with E-state index in [1.807, 2.05) is 4.90 Å². The van der Waals surface area contributed by atoms with Gasteiger partial charge >= 0.3 is 6.03 Å². The summed E-state index contributed by atoms with van der Waals surface area (Å²) in [6, 6.07) is 5.11. The molecule has 2 amide bonds. The van der Waals surface area contributed by atoms with Gasteiger partial charge in [-0.1, -0.05) is 32.8 Å². The lowest BCUT2D eigenvalue weighted by Gasteiger charge is -2.39. The molecule has 1 aromatic rings. The van der Waals surface area contributed by atoms with Gasteiger partial charge in [0.2, 0.25) is 0 Å². The van der Waals surface area contributed by atoms with Crippen LogP contribution in [0.3, 0.4) is 0 Å². The second kappa shape index (κ2) is 9.72. The van der Waals surface area contributed by atoms with Gasteiger partial charge in [0.15, 0.2) is 0 Å². The lowest BCUT2D eigenvalue weighted by Crippen LogP contribution is -2.53. The summed E-state index contributed by atoms with van der Waals surface area (Å²) in [6.07, 6.45) is 4.57. The summed E-state index contributed by atoms with van der Waals surface area (Å²) in [5.41, 5.74) is 0. The van der Waals surface area contributed by atoms with Gasteiger partial charge in [-0.05, 0) is 30.2 Å². The monoisotopic (exact) mass is 379 g/mol. The van der Waals surface area contributed by atoms with Gasteiger partial charge in [0.1, 0.15) is 0 Å². The van der Waals surface area contributed by atoms with Crippen LogP contribution in [0.5, 0.6) is 0 Å². The van der Waals surface area contributed by atoms with Gasteiger partial charge < -0.3 is 15.0 Å². The van der Waals surface area contributed by atoms with Crippen molar-refractivity contribution in [1.29, 1.82) is 0 Å². The van der Waals surface area contributed by atoms with E-state index in [0.717, 1.165) is 65.1 Å². The largest absolute Gasteiger partial charge is 0.379 e. The lowest BCUT2D eigenvalue weighted by atomic mass is 9.92. The van der Waals surface area contributed by atoms with E-state index in [0.29, 0.717) is 18.0 Å². The molecule has 26 heavy (non-hydrogen) atoms. The second-order valence-corrected chi connectivity index (χ2v) is 8.45. The molecular formula is C20H33N3O2S. The van der Waals surface area contributed by atoms with E-state index in [1.165, 1.54) is 4.88 Å². The summed E-state index contributed by atoms with van der Waals surface area (Å²) >= 11 is 1.73. The first-order chi connectivity index (χ1) is 12.7. The number of amides is 2. The molecule has 1 aliphatic carbocycles. The molecule has 0 aromatic carbocycles. The van der Waals surface area contributed by atoms with Crippen LogP contribution in [0.2, 0.25) is 0 Å². The summed E-state index contributed by atoms with van der Waals surface area (Å²) in [7, 11) is 0. The second-order valence-electron chi connectivity index (χ2n) is 7.42. The van der Waals surface area contributed by atoms with Crippen LogP contribution in [-0.4, -0.2) is 60.8 Å². The van der Waals surface area contributed by atoms with Gasteiger partial charge in [0, 0.05) is 36.6 Å².